The lowest BCUT2D eigenvalue weighted by molar-refractivity contribution is -0.126. The van der Waals surface area contributed by atoms with Crippen molar-refractivity contribution in [1.82, 2.24) is 16.0 Å². The Hall–Kier alpha value is -3.52. The Bertz CT molecular complexity index is 1300. The van der Waals surface area contributed by atoms with E-state index in [4.69, 9.17) is 23.7 Å². The maximum absolute atomic E-state index is 12.3. The van der Waals surface area contributed by atoms with E-state index >= 15 is 0 Å². The van der Waals surface area contributed by atoms with Gasteiger partial charge >= 0.3 is 18.3 Å². The highest BCUT2D eigenvalue weighted by Crippen LogP contribution is 2.31. The van der Waals surface area contributed by atoms with Crippen LogP contribution in [-0.2, 0) is 38.1 Å². The Morgan fingerprint density at radius 3 is 0.983 bits per heavy atom. The number of rotatable bonds is 15. The fourth-order valence-corrected chi connectivity index (χ4v) is 4.99. The van der Waals surface area contributed by atoms with Crippen LogP contribution in [0.5, 0.6) is 0 Å². The predicted octanol–water partition coefficient (Wildman–Crippen LogP) is 9.16. The van der Waals surface area contributed by atoms with E-state index < -0.39 is 64.4 Å². The fourth-order valence-electron chi connectivity index (χ4n) is 4.99. The summed E-state index contributed by atoms with van der Waals surface area (Å²) in [6, 6.07) is -1.66. The molecule has 3 N–H and O–H groups in total. The van der Waals surface area contributed by atoms with E-state index in [1.807, 2.05) is 41.5 Å². The minimum absolute atomic E-state index is 0. The summed E-state index contributed by atoms with van der Waals surface area (Å²) in [7, 11) is 0. The minimum atomic E-state index is -0.728. The molecule has 0 spiro atoms. The van der Waals surface area contributed by atoms with Gasteiger partial charge in [0.15, 0.2) is 17.3 Å². The van der Waals surface area contributed by atoms with E-state index in [9.17, 15) is 28.8 Å². The fraction of sp³-hybridized carbons (Fsp3) is 0.818. The zero-order valence-corrected chi connectivity index (χ0v) is 37.7. The van der Waals surface area contributed by atoms with Crippen LogP contribution >= 0.6 is 0 Å². The second-order valence-electron chi connectivity index (χ2n) is 19.4. The van der Waals surface area contributed by atoms with Gasteiger partial charge in [-0.1, -0.05) is 63.0 Å². The molecular formula is C44H85N3O11. The molecule has 0 aliphatic carbocycles. The van der Waals surface area contributed by atoms with Crippen LogP contribution in [0.25, 0.3) is 0 Å². The number of amides is 3. The summed E-state index contributed by atoms with van der Waals surface area (Å²) in [5.74, 6) is 0.597. The van der Waals surface area contributed by atoms with Crippen molar-refractivity contribution in [2.24, 2.45) is 17.8 Å². The van der Waals surface area contributed by atoms with Crippen LogP contribution in [-0.4, -0.2) is 95.0 Å². The van der Waals surface area contributed by atoms with Crippen LogP contribution in [0.4, 0.5) is 14.4 Å². The third-order valence-electron chi connectivity index (χ3n) is 7.76. The predicted molar refractivity (Wildman–Crippen MR) is 232 cm³/mol. The van der Waals surface area contributed by atoms with Crippen LogP contribution in [0.3, 0.4) is 0 Å². The van der Waals surface area contributed by atoms with Crippen molar-refractivity contribution in [2.45, 2.75) is 205 Å². The van der Waals surface area contributed by atoms with E-state index in [1.54, 1.807) is 83.1 Å². The summed E-state index contributed by atoms with van der Waals surface area (Å²) in [4.78, 5) is 71.7. The number of ether oxygens (including phenoxy) is 5. The smallest absolute Gasteiger partial charge is 0.408 e. The second-order valence-corrected chi connectivity index (χ2v) is 19.4. The molecule has 342 valence electrons. The normalized spacial score (nSPS) is 19.7. The molecule has 3 amide bonds. The molecular weight excluding hydrogens is 746 g/mol. The van der Waals surface area contributed by atoms with Gasteiger partial charge in [-0.2, -0.15) is 0 Å². The van der Waals surface area contributed by atoms with Crippen molar-refractivity contribution >= 4 is 35.6 Å². The highest BCUT2D eigenvalue weighted by atomic mass is 16.6. The van der Waals surface area contributed by atoms with Gasteiger partial charge in [0.1, 0.15) is 28.0 Å². The molecule has 0 saturated carbocycles. The Morgan fingerprint density at radius 2 is 0.793 bits per heavy atom. The number of hydrogen-bond donors (Lipinski definition) is 3. The van der Waals surface area contributed by atoms with Crippen LogP contribution in [0.2, 0.25) is 0 Å². The molecule has 0 aromatic heterocycles. The highest BCUT2D eigenvalue weighted by molar-refractivity contribution is 6.00. The van der Waals surface area contributed by atoms with Crippen LogP contribution in [0.15, 0.2) is 12.2 Å². The molecule has 0 aromatic rings. The van der Waals surface area contributed by atoms with E-state index in [0.717, 1.165) is 0 Å². The molecule has 0 aromatic carbocycles. The van der Waals surface area contributed by atoms with Gasteiger partial charge in [-0.15, -0.1) is 0 Å². The number of nitrogens with one attached hydrogen (secondary N) is 3. The van der Waals surface area contributed by atoms with Crippen LogP contribution in [0, 0.1) is 17.8 Å². The first-order chi connectivity index (χ1) is 25.1. The number of Topliss-reactive ketones (excluding diaryl/α,β-unsaturated/α-hetero) is 3. The van der Waals surface area contributed by atoms with E-state index in [1.165, 1.54) is 0 Å². The Labute approximate surface area is 352 Å². The third kappa shape index (κ3) is 25.8. The lowest BCUT2D eigenvalue weighted by Crippen LogP contribution is -2.48. The number of hydrogen-bond acceptors (Lipinski definition) is 11. The van der Waals surface area contributed by atoms with Gasteiger partial charge in [0.2, 0.25) is 0 Å². The molecule has 2 heterocycles. The first kappa shape index (κ1) is 58.8. The van der Waals surface area contributed by atoms with Gasteiger partial charge in [-0.05, 0) is 126 Å². The van der Waals surface area contributed by atoms with Gasteiger partial charge < -0.3 is 39.6 Å². The second kappa shape index (κ2) is 23.9. The largest absolute Gasteiger partial charge is 0.444 e. The monoisotopic (exact) mass is 832 g/mol. The Balaban J connectivity index is -0.000000375. The molecule has 14 nitrogen and oxygen atoms in total. The molecule has 0 unspecified atom stereocenters. The number of epoxide rings is 2. The van der Waals surface area contributed by atoms with Crippen molar-refractivity contribution in [3.8, 4) is 0 Å². The van der Waals surface area contributed by atoms with Gasteiger partial charge in [-0.25, -0.2) is 14.4 Å². The summed E-state index contributed by atoms with van der Waals surface area (Å²) in [5.41, 5.74) is -2.73. The number of alkyl carbamates (subject to hydrolysis) is 3. The molecule has 2 saturated heterocycles. The topological polar surface area (TPSA) is 191 Å². The lowest BCUT2D eigenvalue weighted by atomic mass is 9.93. The molecule has 2 aliphatic heterocycles. The molecule has 2 rings (SSSR count). The van der Waals surface area contributed by atoms with Gasteiger partial charge in [-0.3, -0.25) is 14.4 Å². The molecule has 2 aliphatic rings. The van der Waals surface area contributed by atoms with Gasteiger partial charge in [0, 0.05) is 1.43 Å². The lowest BCUT2D eigenvalue weighted by Gasteiger charge is -2.24. The van der Waals surface area contributed by atoms with Crippen molar-refractivity contribution < 1.29 is 53.9 Å². The van der Waals surface area contributed by atoms with Crippen LogP contribution in [0.1, 0.15) is 160 Å². The zero-order chi connectivity index (χ0) is 44.2. The standard InChI is InChI=1S/2C14H25NO4.C14H25NO3.2CH4.H2/c2*1-9(2)7-10(11(16)14(6)8-18-14)15-12(17)19-13(3,4)5;1-9(2)8-11(12(16)10(3)4)15-13(17)18-14(5,6)7;;;/h2*9-10H,7-8H2,1-6H3,(H,15,17);9,11H,3,8H2,1-2,4-7H3,(H,15,17);2*1H4;1H/t10-,14+;10-,14-;11-;;;/m000.../s1. The summed E-state index contributed by atoms with van der Waals surface area (Å²) in [6.45, 7) is 37.7. The van der Waals surface area contributed by atoms with E-state index in [2.05, 4.69) is 22.5 Å². The summed E-state index contributed by atoms with van der Waals surface area (Å²) < 4.78 is 25.8. The van der Waals surface area contributed by atoms with Crippen molar-refractivity contribution in [1.29, 1.82) is 0 Å². The third-order valence-corrected chi connectivity index (χ3v) is 7.76. The van der Waals surface area contributed by atoms with E-state index in [0.29, 0.717) is 55.8 Å². The van der Waals surface area contributed by atoms with Crippen molar-refractivity contribution in [3.63, 3.8) is 0 Å². The molecule has 0 radical (unpaired) electrons. The molecule has 58 heavy (non-hydrogen) atoms. The molecule has 5 atom stereocenters. The van der Waals surface area contributed by atoms with Gasteiger partial charge in [0.05, 0.1) is 31.3 Å². The summed E-state index contributed by atoms with van der Waals surface area (Å²) >= 11 is 0. The maximum Gasteiger partial charge on any atom is 0.408 e. The highest BCUT2D eigenvalue weighted by Gasteiger charge is 2.51. The molecule has 14 heteroatoms. The zero-order valence-electron chi connectivity index (χ0n) is 37.7. The van der Waals surface area contributed by atoms with Crippen molar-refractivity contribution in [2.75, 3.05) is 13.2 Å². The average Bonchev–Trinajstić information content (AvgIpc) is 3.90. The van der Waals surface area contributed by atoms with Crippen LogP contribution < -0.4 is 16.0 Å². The average molecular weight is 832 g/mol. The van der Waals surface area contributed by atoms with Gasteiger partial charge in [0.25, 0.3) is 0 Å². The van der Waals surface area contributed by atoms with Crippen molar-refractivity contribution in [3.05, 3.63) is 12.2 Å². The van der Waals surface area contributed by atoms with E-state index in [-0.39, 0.29) is 33.6 Å². The maximum atomic E-state index is 12.3. The molecule has 2 fully saturated rings. The Morgan fingerprint density at radius 1 is 0.569 bits per heavy atom. The summed E-state index contributed by atoms with van der Waals surface area (Å²) in [5, 5.41) is 7.94. The first-order valence-electron chi connectivity index (χ1n) is 19.6. The minimum Gasteiger partial charge on any atom is -0.444 e. The number of carbonyl (C=O) groups excluding carboxylic acids is 6. The summed E-state index contributed by atoms with van der Waals surface area (Å²) in [6.07, 6.45) is 0.0492. The SMILES string of the molecule is C.C.C=C(C)C(=O)[C@H](CC(C)C)NC(=O)OC(C)(C)C.CC(C)C[C@H](NC(=O)OC(C)(C)C)C(=O)[C@@]1(C)CO1.CC(C)C[C@H](NC(=O)OC(C)(C)C)C(=O)[C@]1(C)CO1.[HH]. The number of ketones is 3. The Kier molecular flexibility index (Phi) is 24.2. The first-order valence-corrected chi connectivity index (χ1v) is 19.6. The molecule has 0 bridgehead atoms. The number of carbonyl (C=O) groups is 6. The quantitative estimate of drug-likeness (QED) is 0.0810.